The summed E-state index contributed by atoms with van der Waals surface area (Å²) in [6, 6.07) is 9.45. The molecule has 116 valence electrons. The van der Waals surface area contributed by atoms with Gasteiger partial charge in [-0.05, 0) is 37.8 Å². The van der Waals surface area contributed by atoms with Gasteiger partial charge in [0.1, 0.15) is 5.69 Å². The molecular formula is C18H21ClN2O. The van der Waals surface area contributed by atoms with Gasteiger partial charge < -0.3 is 5.32 Å². The highest BCUT2D eigenvalue weighted by Gasteiger charge is 2.22. The van der Waals surface area contributed by atoms with Crippen molar-refractivity contribution in [2.24, 2.45) is 5.92 Å². The third-order valence-corrected chi connectivity index (χ3v) is 4.93. The maximum atomic E-state index is 12.5. The fourth-order valence-corrected chi connectivity index (χ4v) is 3.55. The largest absolute Gasteiger partial charge is 0.348 e. The summed E-state index contributed by atoms with van der Waals surface area (Å²) in [4.78, 5) is 16.9. The van der Waals surface area contributed by atoms with Crippen LogP contribution in [0.3, 0.4) is 0 Å². The molecule has 1 amide bonds. The molecule has 3 rings (SSSR count). The van der Waals surface area contributed by atoms with Crippen molar-refractivity contribution < 1.29 is 4.79 Å². The zero-order chi connectivity index (χ0) is 15.5. The quantitative estimate of drug-likeness (QED) is 0.900. The van der Waals surface area contributed by atoms with Crippen molar-refractivity contribution in [2.75, 3.05) is 0 Å². The maximum Gasteiger partial charge on any atom is 0.270 e. The lowest BCUT2D eigenvalue weighted by molar-refractivity contribution is 0.0914. The molecule has 1 unspecified atom stereocenters. The summed E-state index contributed by atoms with van der Waals surface area (Å²) in [5.41, 5.74) is 1.15. The van der Waals surface area contributed by atoms with E-state index < -0.39 is 0 Å². The minimum atomic E-state index is -0.134. The van der Waals surface area contributed by atoms with Gasteiger partial charge in [0.25, 0.3) is 5.91 Å². The highest BCUT2D eigenvalue weighted by atomic mass is 35.5. The first-order valence-electron chi connectivity index (χ1n) is 8.01. The predicted octanol–water partition coefficient (Wildman–Crippen LogP) is 4.59. The Bertz CT molecular complexity index is 680. The summed E-state index contributed by atoms with van der Waals surface area (Å²) in [7, 11) is 0. The molecule has 1 aliphatic carbocycles. The van der Waals surface area contributed by atoms with Crippen molar-refractivity contribution >= 4 is 28.4 Å². The van der Waals surface area contributed by atoms with E-state index in [0.717, 1.165) is 10.9 Å². The number of fused-ring (bicyclic) bond motifs is 1. The third kappa shape index (κ3) is 3.25. The predicted molar refractivity (Wildman–Crippen MR) is 90.3 cm³/mol. The summed E-state index contributed by atoms with van der Waals surface area (Å²) >= 11 is 6.27. The van der Waals surface area contributed by atoms with Crippen LogP contribution >= 0.6 is 11.6 Å². The maximum absolute atomic E-state index is 12.5. The molecule has 4 heteroatoms. The van der Waals surface area contributed by atoms with E-state index >= 15 is 0 Å². The number of nitrogens with zero attached hydrogens (tertiary/aromatic N) is 1. The lowest BCUT2D eigenvalue weighted by Crippen LogP contribution is -2.39. The van der Waals surface area contributed by atoms with E-state index in [2.05, 4.69) is 17.2 Å². The Labute approximate surface area is 136 Å². The van der Waals surface area contributed by atoms with Gasteiger partial charge in [-0.3, -0.25) is 4.79 Å². The van der Waals surface area contributed by atoms with Crippen LogP contribution in [-0.2, 0) is 0 Å². The smallest absolute Gasteiger partial charge is 0.270 e. The van der Waals surface area contributed by atoms with Gasteiger partial charge in [0.2, 0.25) is 0 Å². The Morgan fingerprint density at radius 1 is 1.27 bits per heavy atom. The van der Waals surface area contributed by atoms with Crippen LogP contribution < -0.4 is 5.32 Å². The molecule has 1 fully saturated rings. The van der Waals surface area contributed by atoms with E-state index in [1.807, 2.05) is 24.3 Å². The minimum Gasteiger partial charge on any atom is -0.348 e. The first-order valence-corrected chi connectivity index (χ1v) is 8.39. The first kappa shape index (κ1) is 15.3. The summed E-state index contributed by atoms with van der Waals surface area (Å²) in [5, 5.41) is 4.54. The van der Waals surface area contributed by atoms with Crippen molar-refractivity contribution in [3.63, 3.8) is 0 Å². The molecule has 22 heavy (non-hydrogen) atoms. The fraction of sp³-hybridized carbons (Fsp3) is 0.444. The second-order valence-electron chi connectivity index (χ2n) is 6.17. The fourth-order valence-electron chi connectivity index (χ4n) is 3.28. The van der Waals surface area contributed by atoms with Gasteiger partial charge in [0, 0.05) is 11.4 Å². The van der Waals surface area contributed by atoms with E-state index in [0.29, 0.717) is 16.6 Å². The molecule has 1 aromatic heterocycles. The Hall–Kier alpha value is -1.61. The number of benzene rings is 1. The topological polar surface area (TPSA) is 42.0 Å². The van der Waals surface area contributed by atoms with Crippen molar-refractivity contribution in [3.05, 3.63) is 41.0 Å². The average molecular weight is 317 g/mol. The van der Waals surface area contributed by atoms with Crippen molar-refractivity contribution in [3.8, 4) is 0 Å². The summed E-state index contributed by atoms with van der Waals surface area (Å²) in [5.74, 6) is 0.444. The van der Waals surface area contributed by atoms with Crippen molar-refractivity contribution in [1.29, 1.82) is 0 Å². The minimum absolute atomic E-state index is 0.134. The van der Waals surface area contributed by atoms with Crippen LogP contribution in [0.4, 0.5) is 0 Å². The van der Waals surface area contributed by atoms with Gasteiger partial charge in [-0.1, -0.05) is 49.1 Å². The second kappa shape index (κ2) is 6.66. The van der Waals surface area contributed by atoms with Crippen LogP contribution in [0.15, 0.2) is 30.3 Å². The number of nitrogens with one attached hydrogen (secondary N) is 1. The summed E-state index contributed by atoms with van der Waals surface area (Å²) < 4.78 is 0. The highest BCUT2D eigenvalue weighted by Crippen LogP contribution is 2.27. The number of carbonyl (C=O) groups is 1. The number of carbonyl (C=O) groups excluding carboxylic acids is 1. The van der Waals surface area contributed by atoms with E-state index in [9.17, 15) is 4.79 Å². The molecule has 0 spiro atoms. The monoisotopic (exact) mass is 316 g/mol. The number of hydrogen-bond donors (Lipinski definition) is 1. The molecule has 0 aliphatic heterocycles. The number of aromatic nitrogens is 1. The summed E-state index contributed by atoms with van der Waals surface area (Å²) in [6.07, 6.45) is 6.26. The molecule has 1 heterocycles. The molecule has 0 bridgehead atoms. The van der Waals surface area contributed by atoms with Crippen LogP contribution in [0, 0.1) is 5.92 Å². The van der Waals surface area contributed by atoms with E-state index in [-0.39, 0.29) is 11.9 Å². The van der Waals surface area contributed by atoms with E-state index in [1.54, 1.807) is 6.07 Å². The van der Waals surface area contributed by atoms with Crippen LogP contribution in [0.5, 0.6) is 0 Å². The molecule has 0 saturated heterocycles. The molecule has 1 aliphatic rings. The lowest BCUT2D eigenvalue weighted by atomic mass is 9.84. The van der Waals surface area contributed by atoms with E-state index in [1.165, 1.54) is 32.1 Å². The summed E-state index contributed by atoms with van der Waals surface area (Å²) in [6.45, 7) is 2.09. The first-order chi connectivity index (χ1) is 10.6. The highest BCUT2D eigenvalue weighted by molar-refractivity contribution is 6.35. The lowest BCUT2D eigenvalue weighted by Gasteiger charge is -2.28. The van der Waals surface area contributed by atoms with Crippen molar-refractivity contribution in [1.82, 2.24) is 10.3 Å². The number of para-hydroxylation sites is 1. The molecule has 1 aromatic carbocycles. The van der Waals surface area contributed by atoms with Gasteiger partial charge in [-0.15, -0.1) is 0 Å². The molecule has 1 N–H and O–H groups in total. The standard InChI is InChI=1S/C18H21ClN2O/c1-12(13-7-3-2-4-8-13)20-18(22)17-11-15(19)14-9-5-6-10-16(14)21-17/h5-6,9-13H,2-4,7-8H2,1H3,(H,20,22). The molecule has 1 saturated carbocycles. The van der Waals surface area contributed by atoms with Gasteiger partial charge in [0.15, 0.2) is 0 Å². The Kier molecular flexibility index (Phi) is 4.63. The number of halogens is 1. The molecule has 3 nitrogen and oxygen atoms in total. The molecule has 1 atom stereocenters. The second-order valence-corrected chi connectivity index (χ2v) is 6.57. The van der Waals surface area contributed by atoms with Gasteiger partial charge in [-0.25, -0.2) is 4.98 Å². The SMILES string of the molecule is CC(NC(=O)c1cc(Cl)c2ccccc2n1)C1CCCCC1. The van der Waals surface area contributed by atoms with Gasteiger partial charge in [0.05, 0.1) is 10.5 Å². The van der Waals surface area contributed by atoms with Crippen LogP contribution in [0.25, 0.3) is 10.9 Å². The zero-order valence-corrected chi connectivity index (χ0v) is 13.6. The Morgan fingerprint density at radius 3 is 2.77 bits per heavy atom. The van der Waals surface area contributed by atoms with Gasteiger partial charge in [-0.2, -0.15) is 0 Å². The van der Waals surface area contributed by atoms with Crippen LogP contribution in [0.1, 0.15) is 49.5 Å². The Balaban J connectivity index is 1.77. The normalized spacial score (nSPS) is 17.4. The molecule has 2 aromatic rings. The number of hydrogen-bond acceptors (Lipinski definition) is 2. The van der Waals surface area contributed by atoms with Gasteiger partial charge >= 0.3 is 0 Å². The number of pyridine rings is 1. The van der Waals surface area contributed by atoms with E-state index in [4.69, 9.17) is 11.6 Å². The molecule has 0 radical (unpaired) electrons. The zero-order valence-electron chi connectivity index (χ0n) is 12.8. The van der Waals surface area contributed by atoms with Crippen LogP contribution in [-0.4, -0.2) is 16.9 Å². The van der Waals surface area contributed by atoms with Crippen molar-refractivity contribution in [2.45, 2.75) is 45.1 Å². The number of amides is 1. The number of rotatable bonds is 3. The third-order valence-electron chi connectivity index (χ3n) is 4.61. The average Bonchev–Trinajstić information content (AvgIpc) is 2.55. The molecular weight excluding hydrogens is 296 g/mol. The Morgan fingerprint density at radius 2 is 2.00 bits per heavy atom. The van der Waals surface area contributed by atoms with Crippen LogP contribution in [0.2, 0.25) is 5.02 Å².